The first-order valence-electron chi connectivity index (χ1n) is 7.40. The minimum absolute atomic E-state index is 0.0167. The van der Waals surface area contributed by atoms with Crippen LogP contribution in [0.25, 0.3) is 0 Å². The third-order valence-corrected chi connectivity index (χ3v) is 3.56. The number of aryl methyl sites for hydroxylation is 1. The molecule has 2 N–H and O–H groups in total. The van der Waals surface area contributed by atoms with Gasteiger partial charge in [0.2, 0.25) is 0 Å². The lowest BCUT2D eigenvalue weighted by Crippen LogP contribution is -2.46. The first kappa shape index (κ1) is 14.7. The molecule has 0 saturated heterocycles. The molecule has 110 valence electrons. The minimum Gasteiger partial charge on any atom is -0.491 e. The maximum atomic E-state index is 11.8. The summed E-state index contributed by atoms with van der Waals surface area (Å²) in [6, 6.07) is 8.16. The average Bonchev–Trinajstić information content (AvgIpc) is 2.89. The van der Waals surface area contributed by atoms with Crippen LogP contribution in [0.3, 0.4) is 0 Å². The average molecular weight is 276 g/mol. The summed E-state index contributed by atoms with van der Waals surface area (Å²) in [4.78, 5) is 11.8. The van der Waals surface area contributed by atoms with Gasteiger partial charge in [-0.25, -0.2) is 4.79 Å². The van der Waals surface area contributed by atoms with Crippen molar-refractivity contribution in [3.63, 3.8) is 0 Å². The lowest BCUT2D eigenvalue weighted by molar-refractivity contribution is 0.223. The van der Waals surface area contributed by atoms with Crippen LogP contribution in [0.2, 0.25) is 0 Å². The van der Waals surface area contributed by atoms with Crippen molar-refractivity contribution in [2.24, 2.45) is 0 Å². The van der Waals surface area contributed by atoms with Gasteiger partial charge in [-0.3, -0.25) is 0 Å². The van der Waals surface area contributed by atoms with Crippen LogP contribution in [0.5, 0.6) is 5.75 Å². The van der Waals surface area contributed by atoms with Crippen molar-refractivity contribution in [1.29, 1.82) is 0 Å². The number of hydrogen-bond donors (Lipinski definition) is 2. The van der Waals surface area contributed by atoms with Crippen LogP contribution in [0.4, 0.5) is 4.79 Å². The molecule has 1 fully saturated rings. The molecule has 2 rings (SSSR count). The fourth-order valence-corrected chi connectivity index (χ4v) is 2.49. The van der Waals surface area contributed by atoms with Gasteiger partial charge in [0, 0.05) is 6.04 Å². The molecule has 2 amide bonds. The molecule has 0 heterocycles. The van der Waals surface area contributed by atoms with E-state index in [9.17, 15) is 4.79 Å². The minimum atomic E-state index is -0.0859. The van der Waals surface area contributed by atoms with Gasteiger partial charge in [-0.2, -0.15) is 0 Å². The molecule has 1 aromatic carbocycles. The topological polar surface area (TPSA) is 50.4 Å². The Morgan fingerprint density at radius 2 is 2.15 bits per heavy atom. The molecule has 0 spiro atoms. The molecule has 1 unspecified atom stereocenters. The molecule has 4 nitrogen and oxygen atoms in total. The van der Waals surface area contributed by atoms with E-state index in [-0.39, 0.29) is 12.1 Å². The van der Waals surface area contributed by atoms with Gasteiger partial charge in [-0.15, -0.1) is 0 Å². The molecule has 1 atom stereocenters. The summed E-state index contributed by atoms with van der Waals surface area (Å²) >= 11 is 0. The largest absolute Gasteiger partial charge is 0.491 e. The molecular weight excluding hydrogens is 252 g/mol. The number of benzene rings is 1. The van der Waals surface area contributed by atoms with Crippen molar-refractivity contribution in [1.82, 2.24) is 10.6 Å². The summed E-state index contributed by atoms with van der Waals surface area (Å²) in [6.07, 6.45) is 4.64. The number of hydrogen-bond acceptors (Lipinski definition) is 2. The molecule has 0 aromatic heterocycles. The number of rotatable bonds is 5. The quantitative estimate of drug-likeness (QED) is 0.868. The van der Waals surface area contributed by atoms with E-state index in [1.54, 1.807) is 0 Å². The van der Waals surface area contributed by atoms with Gasteiger partial charge >= 0.3 is 6.03 Å². The zero-order valence-corrected chi connectivity index (χ0v) is 12.3. The lowest BCUT2D eigenvalue weighted by Gasteiger charge is -2.18. The normalized spacial score (nSPS) is 16.7. The maximum Gasteiger partial charge on any atom is 0.315 e. The van der Waals surface area contributed by atoms with E-state index in [1.807, 2.05) is 38.1 Å². The summed E-state index contributed by atoms with van der Waals surface area (Å²) in [6.45, 7) is 4.45. The lowest BCUT2D eigenvalue weighted by atomic mass is 10.2. The predicted octanol–water partition coefficient (Wildman–Crippen LogP) is 3.00. The number of ether oxygens (including phenoxy) is 1. The second kappa shape index (κ2) is 7.17. The highest BCUT2D eigenvalue weighted by Gasteiger charge is 2.17. The number of carbonyl (C=O) groups excluding carboxylic acids is 1. The van der Waals surface area contributed by atoms with Crippen molar-refractivity contribution < 1.29 is 9.53 Å². The maximum absolute atomic E-state index is 11.8. The standard InChI is InChI=1S/C16H24N2O2/c1-12-6-5-9-15(10-12)20-11-13(2)17-16(19)18-14-7-3-4-8-14/h5-6,9-10,13-14H,3-4,7-8,11H2,1-2H3,(H2,17,18,19). The monoisotopic (exact) mass is 276 g/mol. The molecular formula is C16H24N2O2. The van der Waals surface area contributed by atoms with Crippen LogP contribution in [-0.4, -0.2) is 24.7 Å². The highest BCUT2D eigenvalue weighted by atomic mass is 16.5. The smallest absolute Gasteiger partial charge is 0.315 e. The van der Waals surface area contributed by atoms with Crippen LogP contribution < -0.4 is 15.4 Å². The molecule has 0 aliphatic heterocycles. The Morgan fingerprint density at radius 1 is 1.40 bits per heavy atom. The van der Waals surface area contributed by atoms with Crippen molar-refractivity contribution in [3.8, 4) is 5.75 Å². The Labute approximate surface area is 120 Å². The van der Waals surface area contributed by atoms with Crippen LogP contribution >= 0.6 is 0 Å². The summed E-state index contributed by atoms with van der Waals surface area (Å²) in [7, 11) is 0. The summed E-state index contributed by atoms with van der Waals surface area (Å²) in [5.41, 5.74) is 1.17. The molecule has 0 radical (unpaired) electrons. The Balaban J connectivity index is 1.69. The third-order valence-electron chi connectivity index (χ3n) is 3.56. The Kier molecular flexibility index (Phi) is 5.27. The van der Waals surface area contributed by atoms with E-state index in [2.05, 4.69) is 10.6 Å². The molecule has 1 aromatic rings. The van der Waals surface area contributed by atoms with E-state index in [1.165, 1.54) is 18.4 Å². The fraction of sp³-hybridized carbons (Fsp3) is 0.562. The van der Waals surface area contributed by atoms with Crippen molar-refractivity contribution >= 4 is 6.03 Å². The third kappa shape index (κ3) is 4.76. The van der Waals surface area contributed by atoms with E-state index >= 15 is 0 Å². The van der Waals surface area contributed by atoms with Crippen LogP contribution in [-0.2, 0) is 0 Å². The SMILES string of the molecule is Cc1cccc(OCC(C)NC(=O)NC2CCCC2)c1. The van der Waals surface area contributed by atoms with E-state index in [0.717, 1.165) is 18.6 Å². The van der Waals surface area contributed by atoms with Crippen molar-refractivity contribution in [2.75, 3.05) is 6.61 Å². The van der Waals surface area contributed by atoms with Gasteiger partial charge < -0.3 is 15.4 Å². The number of carbonyl (C=O) groups is 1. The van der Waals surface area contributed by atoms with E-state index in [4.69, 9.17) is 4.74 Å². The Morgan fingerprint density at radius 3 is 2.85 bits per heavy atom. The highest BCUT2D eigenvalue weighted by molar-refractivity contribution is 5.74. The van der Waals surface area contributed by atoms with Gasteiger partial charge in [-0.05, 0) is 44.4 Å². The summed E-state index contributed by atoms with van der Waals surface area (Å²) in [5.74, 6) is 0.842. The molecule has 20 heavy (non-hydrogen) atoms. The van der Waals surface area contributed by atoms with Gasteiger partial charge in [0.05, 0.1) is 6.04 Å². The second-order valence-electron chi connectivity index (χ2n) is 5.63. The first-order chi connectivity index (χ1) is 9.63. The molecule has 1 aliphatic carbocycles. The molecule has 1 saturated carbocycles. The zero-order valence-electron chi connectivity index (χ0n) is 12.3. The number of amides is 2. The summed E-state index contributed by atoms with van der Waals surface area (Å²) in [5, 5.41) is 5.93. The first-order valence-corrected chi connectivity index (χ1v) is 7.40. The Hall–Kier alpha value is -1.71. The van der Waals surface area contributed by atoms with Crippen LogP contribution in [0.1, 0.15) is 38.2 Å². The van der Waals surface area contributed by atoms with Gasteiger partial charge in [0.15, 0.2) is 0 Å². The molecule has 4 heteroatoms. The predicted molar refractivity (Wildman–Crippen MR) is 80.1 cm³/mol. The fourth-order valence-electron chi connectivity index (χ4n) is 2.49. The van der Waals surface area contributed by atoms with Crippen molar-refractivity contribution in [3.05, 3.63) is 29.8 Å². The van der Waals surface area contributed by atoms with Crippen LogP contribution in [0.15, 0.2) is 24.3 Å². The van der Waals surface area contributed by atoms with Crippen molar-refractivity contribution in [2.45, 2.75) is 51.6 Å². The zero-order chi connectivity index (χ0) is 14.4. The van der Waals surface area contributed by atoms with Gasteiger partial charge in [0.1, 0.15) is 12.4 Å². The number of urea groups is 1. The van der Waals surface area contributed by atoms with E-state index in [0.29, 0.717) is 12.6 Å². The highest BCUT2D eigenvalue weighted by Crippen LogP contribution is 2.17. The molecule has 0 bridgehead atoms. The summed E-state index contributed by atoms with van der Waals surface area (Å²) < 4.78 is 5.68. The van der Waals surface area contributed by atoms with Crippen LogP contribution in [0, 0.1) is 6.92 Å². The Bertz CT molecular complexity index is 442. The second-order valence-corrected chi connectivity index (χ2v) is 5.63. The molecule has 1 aliphatic rings. The van der Waals surface area contributed by atoms with E-state index < -0.39 is 0 Å². The van der Waals surface area contributed by atoms with Gasteiger partial charge in [-0.1, -0.05) is 25.0 Å². The van der Waals surface area contributed by atoms with Gasteiger partial charge in [0.25, 0.3) is 0 Å². The number of nitrogens with one attached hydrogen (secondary N) is 2.